The third kappa shape index (κ3) is 3.85. The normalized spacial score (nSPS) is 32.0. The molecule has 0 bridgehead atoms. The molecule has 4 heteroatoms. The fourth-order valence-corrected chi connectivity index (χ4v) is 4.38. The van der Waals surface area contributed by atoms with Gasteiger partial charge >= 0.3 is 0 Å². The van der Waals surface area contributed by atoms with Gasteiger partial charge in [-0.05, 0) is 57.9 Å². The van der Waals surface area contributed by atoms with Crippen LogP contribution in [0.1, 0.15) is 46.5 Å². The van der Waals surface area contributed by atoms with E-state index in [1.54, 1.807) is 6.07 Å². The first-order valence-corrected chi connectivity index (χ1v) is 9.39. The van der Waals surface area contributed by atoms with Crippen molar-refractivity contribution in [3.05, 3.63) is 24.0 Å². The van der Waals surface area contributed by atoms with Crippen molar-refractivity contribution in [2.45, 2.75) is 58.0 Å². The van der Waals surface area contributed by atoms with Gasteiger partial charge in [0.1, 0.15) is 5.82 Å². The SMILES string of the molecule is CC1CCCC(C)(Nc2ccc(N3CCN(C)C(C)C3)c(F)c2)C1. The Hall–Kier alpha value is -1.29. The molecule has 1 saturated carbocycles. The molecule has 3 atom stereocenters. The number of anilines is 2. The van der Waals surface area contributed by atoms with E-state index in [0.29, 0.717) is 6.04 Å². The van der Waals surface area contributed by atoms with Crippen LogP contribution < -0.4 is 10.2 Å². The summed E-state index contributed by atoms with van der Waals surface area (Å²) in [5, 5.41) is 3.61. The summed E-state index contributed by atoms with van der Waals surface area (Å²) >= 11 is 0. The highest BCUT2D eigenvalue weighted by atomic mass is 19.1. The maximum Gasteiger partial charge on any atom is 0.148 e. The van der Waals surface area contributed by atoms with Crippen LogP contribution in [0.3, 0.4) is 0 Å². The zero-order valence-corrected chi connectivity index (χ0v) is 15.6. The Bertz CT molecular complexity index is 576. The molecule has 1 aliphatic heterocycles. The Morgan fingerprint density at radius 1 is 1.25 bits per heavy atom. The third-order valence-corrected chi connectivity index (χ3v) is 5.92. The van der Waals surface area contributed by atoms with E-state index in [-0.39, 0.29) is 11.4 Å². The number of nitrogens with zero attached hydrogens (tertiary/aromatic N) is 2. The number of rotatable bonds is 3. The quantitative estimate of drug-likeness (QED) is 0.887. The molecule has 3 unspecified atom stereocenters. The summed E-state index contributed by atoms with van der Waals surface area (Å²) in [6.07, 6.45) is 4.89. The highest BCUT2D eigenvalue weighted by Crippen LogP contribution is 2.35. The maximum absolute atomic E-state index is 14.7. The molecule has 0 amide bonds. The van der Waals surface area contributed by atoms with E-state index < -0.39 is 0 Å². The Balaban J connectivity index is 1.71. The van der Waals surface area contributed by atoms with Gasteiger partial charge in [0.2, 0.25) is 0 Å². The molecule has 1 aromatic carbocycles. The van der Waals surface area contributed by atoms with E-state index in [1.807, 2.05) is 12.1 Å². The van der Waals surface area contributed by atoms with E-state index in [4.69, 9.17) is 0 Å². The third-order valence-electron chi connectivity index (χ3n) is 5.92. The Labute approximate surface area is 146 Å². The van der Waals surface area contributed by atoms with E-state index in [0.717, 1.165) is 49.8 Å². The summed E-state index contributed by atoms with van der Waals surface area (Å²) in [4.78, 5) is 4.50. The lowest BCUT2D eigenvalue weighted by Crippen LogP contribution is -2.50. The molecule has 2 fully saturated rings. The molecule has 0 aromatic heterocycles. The van der Waals surface area contributed by atoms with Crippen LogP contribution in [-0.2, 0) is 0 Å². The van der Waals surface area contributed by atoms with Crippen LogP contribution in [-0.4, -0.2) is 43.2 Å². The average Bonchev–Trinajstić information content (AvgIpc) is 2.50. The zero-order chi connectivity index (χ0) is 17.3. The molecule has 1 N–H and O–H groups in total. The summed E-state index contributed by atoms with van der Waals surface area (Å²) in [5.74, 6) is 0.636. The number of piperazine rings is 1. The fourth-order valence-electron chi connectivity index (χ4n) is 4.38. The smallest absolute Gasteiger partial charge is 0.148 e. The monoisotopic (exact) mass is 333 g/mol. The molecule has 0 spiro atoms. The maximum atomic E-state index is 14.7. The summed E-state index contributed by atoms with van der Waals surface area (Å²) in [6.45, 7) is 9.55. The van der Waals surface area contributed by atoms with Crippen LogP contribution >= 0.6 is 0 Å². The number of nitrogens with one attached hydrogen (secondary N) is 1. The standard InChI is InChI=1S/C20H32FN3/c1-15-6-5-9-20(3,13-15)22-17-7-8-19(18(21)12-17)24-11-10-23(4)16(2)14-24/h7-8,12,15-16,22H,5-6,9-11,13-14H2,1-4H3. The molecule has 134 valence electrons. The summed E-state index contributed by atoms with van der Waals surface area (Å²) in [5.41, 5.74) is 1.74. The van der Waals surface area contributed by atoms with E-state index in [2.05, 4.69) is 42.9 Å². The molecule has 1 saturated heterocycles. The van der Waals surface area contributed by atoms with Crippen molar-refractivity contribution in [2.24, 2.45) is 5.92 Å². The molecule has 1 aromatic rings. The molecular formula is C20H32FN3. The molecule has 3 rings (SSSR count). The predicted octanol–water partition coefficient (Wildman–Crippen LogP) is 4.35. The lowest BCUT2D eigenvalue weighted by atomic mass is 9.77. The first-order chi connectivity index (χ1) is 11.4. The molecule has 24 heavy (non-hydrogen) atoms. The van der Waals surface area contributed by atoms with Crippen LogP contribution in [0.15, 0.2) is 18.2 Å². The van der Waals surface area contributed by atoms with Crippen molar-refractivity contribution >= 4 is 11.4 Å². The van der Waals surface area contributed by atoms with Crippen LogP contribution in [0.2, 0.25) is 0 Å². The molecular weight excluding hydrogens is 301 g/mol. The second-order valence-electron chi connectivity index (χ2n) is 8.33. The van der Waals surface area contributed by atoms with Gasteiger partial charge in [0.15, 0.2) is 0 Å². The molecule has 0 radical (unpaired) electrons. The summed E-state index contributed by atoms with van der Waals surface area (Å²) in [7, 11) is 2.14. The molecule has 1 aliphatic carbocycles. The minimum Gasteiger partial charge on any atom is -0.380 e. The van der Waals surface area contributed by atoms with Crippen LogP contribution in [0.4, 0.5) is 15.8 Å². The topological polar surface area (TPSA) is 18.5 Å². The van der Waals surface area contributed by atoms with Crippen molar-refractivity contribution in [1.29, 1.82) is 0 Å². The van der Waals surface area contributed by atoms with Crippen molar-refractivity contribution in [1.82, 2.24) is 4.90 Å². The van der Waals surface area contributed by atoms with E-state index in [1.165, 1.54) is 12.8 Å². The van der Waals surface area contributed by atoms with Gasteiger partial charge in [-0.3, -0.25) is 0 Å². The lowest BCUT2D eigenvalue weighted by molar-refractivity contribution is 0.233. The predicted molar refractivity (Wildman–Crippen MR) is 100 cm³/mol. The Morgan fingerprint density at radius 3 is 2.71 bits per heavy atom. The van der Waals surface area contributed by atoms with Gasteiger partial charge < -0.3 is 15.1 Å². The average molecular weight is 333 g/mol. The van der Waals surface area contributed by atoms with Crippen LogP contribution in [0.25, 0.3) is 0 Å². The molecule has 2 aliphatic rings. The number of hydrogen-bond donors (Lipinski definition) is 1. The van der Waals surface area contributed by atoms with Crippen molar-refractivity contribution < 1.29 is 4.39 Å². The first kappa shape index (κ1) is 17.5. The molecule has 3 nitrogen and oxygen atoms in total. The largest absolute Gasteiger partial charge is 0.380 e. The van der Waals surface area contributed by atoms with Gasteiger partial charge in [-0.2, -0.15) is 0 Å². The van der Waals surface area contributed by atoms with Gasteiger partial charge in [0.05, 0.1) is 5.69 Å². The minimum absolute atomic E-state index is 0.0912. The van der Waals surface area contributed by atoms with Gasteiger partial charge in [0, 0.05) is 36.9 Å². The molecule has 1 heterocycles. The van der Waals surface area contributed by atoms with Crippen molar-refractivity contribution in [3.63, 3.8) is 0 Å². The van der Waals surface area contributed by atoms with Gasteiger partial charge in [-0.15, -0.1) is 0 Å². The fraction of sp³-hybridized carbons (Fsp3) is 0.700. The lowest BCUT2D eigenvalue weighted by Gasteiger charge is -2.40. The number of likely N-dealkylation sites (N-methyl/N-ethyl adjacent to an activating group) is 1. The summed E-state index contributed by atoms with van der Waals surface area (Å²) < 4.78 is 14.7. The minimum atomic E-state index is -0.107. The first-order valence-electron chi connectivity index (χ1n) is 9.39. The zero-order valence-electron chi connectivity index (χ0n) is 15.6. The second-order valence-corrected chi connectivity index (χ2v) is 8.33. The number of halogens is 1. The highest BCUT2D eigenvalue weighted by Gasteiger charge is 2.30. The summed E-state index contributed by atoms with van der Waals surface area (Å²) in [6, 6.07) is 6.14. The van der Waals surface area contributed by atoms with E-state index >= 15 is 0 Å². The number of benzene rings is 1. The van der Waals surface area contributed by atoms with Crippen molar-refractivity contribution in [3.8, 4) is 0 Å². The Kier molecular flexibility index (Phi) is 5.05. The Morgan fingerprint density at radius 2 is 2.04 bits per heavy atom. The van der Waals surface area contributed by atoms with Crippen LogP contribution in [0, 0.1) is 11.7 Å². The second kappa shape index (κ2) is 6.91. The van der Waals surface area contributed by atoms with Gasteiger partial charge in [-0.1, -0.05) is 19.8 Å². The van der Waals surface area contributed by atoms with Crippen molar-refractivity contribution in [2.75, 3.05) is 36.9 Å². The van der Waals surface area contributed by atoms with Crippen LogP contribution in [0.5, 0.6) is 0 Å². The van der Waals surface area contributed by atoms with Gasteiger partial charge in [-0.25, -0.2) is 4.39 Å². The highest BCUT2D eigenvalue weighted by molar-refractivity contribution is 5.57. The van der Waals surface area contributed by atoms with E-state index in [9.17, 15) is 4.39 Å². The van der Waals surface area contributed by atoms with Gasteiger partial charge in [0.25, 0.3) is 0 Å². The number of hydrogen-bond acceptors (Lipinski definition) is 3.